The Bertz CT molecular complexity index is 705. The van der Waals surface area contributed by atoms with Gasteiger partial charge >= 0.3 is 5.97 Å². The largest absolute Gasteiger partial charge is 0.465 e. The molecule has 0 radical (unpaired) electrons. The van der Waals surface area contributed by atoms with Gasteiger partial charge in [-0.25, -0.2) is 9.48 Å². The zero-order chi connectivity index (χ0) is 16.1. The molecule has 0 bridgehead atoms. The van der Waals surface area contributed by atoms with E-state index < -0.39 is 0 Å². The van der Waals surface area contributed by atoms with E-state index in [0.29, 0.717) is 17.8 Å². The molecule has 0 saturated heterocycles. The summed E-state index contributed by atoms with van der Waals surface area (Å²) < 4.78 is 6.11. The van der Waals surface area contributed by atoms with Gasteiger partial charge in [-0.1, -0.05) is 12.1 Å². The number of ether oxygens (including phenoxy) is 1. The normalized spacial score (nSPS) is 10.7. The molecule has 0 unspecified atom stereocenters. The number of hydrogen-bond donors (Lipinski definition) is 0. The predicted octanol–water partition coefficient (Wildman–Crippen LogP) is 1.26. The third-order valence-corrected chi connectivity index (χ3v) is 3.23. The van der Waals surface area contributed by atoms with Crippen LogP contribution in [0.4, 0.5) is 0 Å². The maximum atomic E-state index is 11.8. The van der Waals surface area contributed by atoms with E-state index in [-0.39, 0.29) is 11.5 Å². The Labute approximate surface area is 128 Å². The molecule has 0 N–H and O–H groups in total. The summed E-state index contributed by atoms with van der Waals surface area (Å²) in [6.07, 6.45) is 0. The van der Waals surface area contributed by atoms with Gasteiger partial charge in [0.05, 0.1) is 24.9 Å². The van der Waals surface area contributed by atoms with Gasteiger partial charge in [0, 0.05) is 18.2 Å². The lowest BCUT2D eigenvalue weighted by Gasteiger charge is -2.11. The zero-order valence-corrected chi connectivity index (χ0v) is 12.9. The second-order valence-corrected chi connectivity index (χ2v) is 5.15. The van der Waals surface area contributed by atoms with E-state index in [2.05, 4.69) is 9.84 Å². The van der Waals surface area contributed by atoms with Gasteiger partial charge in [-0.15, -0.1) is 0 Å². The highest BCUT2D eigenvalue weighted by Crippen LogP contribution is 2.16. The highest BCUT2D eigenvalue weighted by atomic mass is 16.5. The van der Waals surface area contributed by atoms with E-state index in [1.54, 1.807) is 30.3 Å². The maximum Gasteiger partial charge on any atom is 0.337 e. The fraction of sp³-hybridized carbons (Fsp3) is 0.312. The van der Waals surface area contributed by atoms with Crippen LogP contribution in [0.15, 0.2) is 41.2 Å². The Morgan fingerprint density at radius 2 is 1.86 bits per heavy atom. The average Bonchev–Trinajstić information content (AvgIpc) is 2.53. The number of likely N-dealkylation sites (N-methyl/N-ethyl adjacent to an activating group) is 1. The van der Waals surface area contributed by atoms with Gasteiger partial charge < -0.3 is 9.64 Å². The molecule has 0 spiro atoms. The van der Waals surface area contributed by atoms with Gasteiger partial charge in [0.25, 0.3) is 5.56 Å². The van der Waals surface area contributed by atoms with Gasteiger partial charge in [0.2, 0.25) is 0 Å². The number of hydrogen-bond acceptors (Lipinski definition) is 5. The first-order valence-electron chi connectivity index (χ1n) is 6.93. The summed E-state index contributed by atoms with van der Waals surface area (Å²) in [5, 5.41) is 4.37. The van der Waals surface area contributed by atoms with Crippen LogP contribution >= 0.6 is 0 Å². The van der Waals surface area contributed by atoms with Crippen molar-refractivity contribution in [3.8, 4) is 11.3 Å². The Balaban J connectivity index is 2.27. The van der Waals surface area contributed by atoms with Crippen LogP contribution in [0.2, 0.25) is 0 Å². The molecular weight excluding hydrogens is 282 g/mol. The third kappa shape index (κ3) is 3.79. The summed E-state index contributed by atoms with van der Waals surface area (Å²) in [7, 11) is 5.24. The third-order valence-electron chi connectivity index (χ3n) is 3.23. The second kappa shape index (κ2) is 7.00. The number of esters is 1. The molecule has 0 aliphatic rings. The van der Waals surface area contributed by atoms with Crippen molar-refractivity contribution in [1.82, 2.24) is 14.7 Å². The van der Waals surface area contributed by atoms with Crippen molar-refractivity contribution >= 4 is 5.97 Å². The topological polar surface area (TPSA) is 64.4 Å². The van der Waals surface area contributed by atoms with Crippen molar-refractivity contribution < 1.29 is 9.53 Å². The van der Waals surface area contributed by atoms with Gasteiger partial charge in [-0.05, 0) is 32.3 Å². The summed E-state index contributed by atoms with van der Waals surface area (Å²) in [6.45, 7) is 1.26. The Morgan fingerprint density at radius 3 is 2.45 bits per heavy atom. The fourth-order valence-corrected chi connectivity index (χ4v) is 1.95. The van der Waals surface area contributed by atoms with E-state index in [0.717, 1.165) is 12.1 Å². The molecule has 116 valence electrons. The number of carbonyl (C=O) groups excluding carboxylic acids is 1. The summed E-state index contributed by atoms with van der Waals surface area (Å²) >= 11 is 0. The molecular formula is C16H19N3O3. The van der Waals surface area contributed by atoms with E-state index >= 15 is 0 Å². The summed E-state index contributed by atoms with van der Waals surface area (Å²) in [5.74, 6) is -0.379. The van der Waals surface area contributed by atoms with Gasteiger partial charge in [-0.2, -0.15) is 5.10 Å². The molecule has 0 aliphatic carbocycles. The highest BCUT2D eigenvalue weighted by molar-refractivity contribution is 5.89. The van der Waals surface area contributed by atoms with Crippen LogP contribution in [0.5, 0.6) is 0 Å². The van der Waals surface area contributed by atoms with E-state index in [9.17, 15) is 9.59 Å². The van der Waals surface area contributed by atoms with Crippen LogP contribution in [0.25, 0.3) is 11.3 Å². The summed E-state index contributed by atoms with van der Waals surface area (Å²) in [4.78, 5) is 25.2. The smallest absolute Gasteiger partial charge is 0.337 e. The Kier molecular flexibility index (Phi) is 5.06. The molecule has 0 aliphatic heterocycles. The molecule has 0 saturated carbocycles. The number of methoxy groups -OCH3 is 1. The van der Waals surface area contributed by atoms with Gasteiger partial charge in [-0.3, -0.25) is 4.79 Å². The molecule has 2 aromatic rings. The standard InChI is InChI=1S/C16H19N3O3/c1-18(2)10-11-19-15(20)9-8-14(17-19)12-4-6-13(7-5-12)16(21)22-3/h4-9H,10-11H2,1-3H3. The first-order chi connectivity index (χ1) is 10.5. The molecule has 22 heavy (non-hydrogen) atoms. The molecule has 1 aromatic heterocycles. The molecule has 2 rings (SSSR count). The predicted molar refractivity (Wildman–Crippen MR) is 83.8 cm³/mol. The average molecular weight is 301 g/mol. The minimum atomic E-state index is -0.379. The molecule has 6 heteroatoms. The maximum absolute atomic E-state index is 11.8. The lowest BCUT2D eigenvalue weighted by Crippen LogP contribution is -2.28. The van der Waals surface area contributed by atoms with Crippen molar-refractivity contribution in [2.75, 3.05) is 27.7 Å². The minimum Gasteiger partial charge on any atom is -0.465 e. The number of rotatable bonds is 5. The van der Waals surface area contributed by atoms with Crippen LogP contribution in [0, 0.1) is 0 Å². The molecule has 0 fully saturated rings. The number of benzene rings is 1. The summed E-state index contributed by atoms with van der Waals surface area (Å²) in [5.41, 5.74) is 1.88. The lowest BCUT2D eigenvalue weighted by molar-refractivity contribution is 0.0601. The van der Waals surface area contributed by atoms with Crippen molar-refractivity contribution in [1.29, 1.82) is 0 Å². The molecule has 0 atom stereocenters. The second-order valence-electron chi connectivity index (χ2n) is 5.15. The van der Waals surface area contributed by atoms with Crippen LogP contribution in [0.1, 0.15) is 10.4 Å². The molecule has 1 aromatic carbocycles. The first-order valence-corrected chi connectivity index (χ1v) is 6.93. The van der Waals surface area contributed by atoms with E-state index in [1.165, 1.54) is 17.9 Å². The zero-order valence-electron chi connectivity index (χ0n) is 12.9. The molecule has 0 amide bonds. The van der Waals surface area contributed by atoms with Gasteiger partial charge in [0.1, 0.15) is 0 Å². The van der Waals surface area contributed by atoms with Crippen molar-refractivity contribution in [3.05, 3.63) is 52.3 Å². The molecule has 6 nitrogen and oxygen atoms in total. The number of nitrogens with zero attached hydrogens (tertiary/aromatic N) is 3. The van der Waals surface area contributed by atoms with Crippen molar-refractivity contribution in [2.24, 2.45) is 0 Å². The SMILES string of the molecule is COC(=O)c1ccc(-c2ccc(=O)n(CCN(C)C)n2)cc1. The minimum absolute atomic E-state index is 0.128. The quantitative estimate of drug-likeness (QED) is 0.778. The fourth-order valence-electron chi connectivity index (χ4n) is 1.95. The Hall–Kier alpha value is -2.47. The van der Waals surface area contributed by atoms with Crippen molar-refractivity contribution in [3.63, 3.8) is 0 Å². The van der Waals surface area contributed by atoms with Crippen LogP contribution in [-0.4, -0.2) is 48.4 Å². The number of carbonyl (C=O) groups is 1. The lowest BCUT2D eigenvalue weighted by atomic mass is 10.1. The van der Waals surface area contributed by atoms with Crippen molar-refractivity contribution in [2.45, 2.75) is 6.54 Å². The summed E-state index contributed by atoms with van der Waals surface area (Å²) in [6, 6.07) is 10.1. The van der Waals surface area contributed by atoms with Gasteiger partial charge in [0.15, 0.2) is 0 Å². The van der Waals surface area contributed by atoms with E-state index in [4.69, 9.17) is 0 Å². The highest BCUT2D eigenvalue weighted by Gasteiger charge is 2.07. The monoisotopic (exact) mass is 301 g/mol. The van der Waals surface area contributed by atoms with Crippen LogP contribution in [-0.2, 0) is 11.3 Å². The Morgan fingerprint density at radius 1 is 1.18 bits per heavy atom. The van der Waals surface area contributed by atoms with Crippen LogP contribution in [0.3, 0.4) is 0 Å². The first kappa shape index (κ1) is 15.9. The van der Waals surface area contributed by atoms with E-state index in [1.807, 2.05) is 19.0 Å². The number of aromatic nitrogens is 2. The van der Waals surface area contributed by atoms with Crippen LogP contribution < -0.4 is 5.56 Å². The molecule has 1 heterocycles.